The molecular weight excluding hydrogens is 282 g/mol. The van der Waals surface area contributed by atoms with Gasteiger partial charge in [-0.15, -0.1) is 0 Å². The minimum atomic E-state index is -0.213. The zero-order chi connectivity index (χ0) is 12.7. The highest BCUT2D eigenvalue weighted by Gasteiger charge is 2.38. The summed E-state index contributed by atoms with van der Waals surface area (Å²) in [5.74, 6) is -0.437. The molecule has 2 rings (SSSR count). The molecule has 0 radical (unpaired) electrons. The Kier molecular flexibility index (Phi) is 3.08. The second kappa shape index (κ2) is 4.26. The van der Waals surface area contributed by atoms with Gasteiger partial charge in [-0.2, -0.15) is 0 Å². The maximum atomic E-state index is 12.0. The molecule has 0 bridgehead atoms. The zero-order valence-corrected chi connectivity index (χ0v) is 11.7. The molecule has 1 fully saturated rings. The predicted octanol–water partition coefficient (Wildman–Crippen LogP) is 2.97. The number of carbonyl (C=O) groups excluding carboxylic acids is 2. The molecule has 0 aromatic heterocycles. The van der Waals surface area contributed by atoms with Gasteiger partial charge in [-0.05, 0) is 47.0 Å². The smallest absolute Gasteiger partial charge is 0.237 e. The van der Waals surface area contributed by atoms with Crippen LogP contribution >= 0.6 is 15.9 Å². The molecule has 90 valence electrons. The molecule has 1 atom stereocenters. The summed E-state index contributed by atoms with van der Waals surface area (Å²) in [5.41, 5.74) is 2.73. The third-order valence-electron chi connectivity index (χ3n) is 2.99. The first kappa shape index (κ1) is 12.3. The minimum absolute atomic E-state index is 0.109. The van der Waals surface area contributed by atoms with Crippen LogP contribution < -0.4 is 4.90 Å². The normalized spacial score (nSPS) is 20.2. The number of nitrogens with zero attached hydrogens (tertiary/aromatic N) is 1. The van der Waals surface area contributed by atoms with Gasteiger partial charge in [0.25, 0.3) is 0 Å². The van der Waals surface area contributed by atoms with Gasteiger partial charge in [0.1, 0.15) is 0 Å². The molecule has 1 heterocycles. The van der Waals surface area contributed by atoms with Crippen molar-refractivity contribution in [1.29, 1.82) is 0 Å². The molecule has 0 spiro atoms. The van der Waals surface area contributed by atoms with E-state index in [1.165, 1.54) is 4.90 Å². The van der Waals surface area contributed by atoms with E-state index in [0.29, 0.717) is 12.1 Å². The second-order valence-corrected chi connectivity index (χ2v) is 5.44. The van der Waals surface area contributed by atoms with Gasteiger partial charge in [0, 0.05) is 16.8 Å². The SMILES string of the molecule is Cc1cc(C)c(N2C(=O)CC(C)C2=O)c(Br)c1. The second-order valence-electron chi connectivity index (χ2n) is 4.58. The molecule has 0 aliphatic carbocycles. The molecule has 1 saturated heterocycles. The average molecular weight is 296 g/mol. The number of imide groups is 1. The fourth-order valence-electron chi connectivity index (χ4n) is 2.21. The molecule has 0 saturated carbocycles. The molecule has 1 aliphatic heterocycles. The van der Waals surface area contributed by atoms with Gasteiger partial charge in [-0.1, -0.05) is 13.0 Å². The van der Waals surface area contributed by atoms with Crippen LogP contribution in [0.5, 0.6) is 0 Å². The molecule has 4 heteroatoms. The molecule has 1 aliphatic rings. The Morgan fingerprint density at radius 3 is 2.41 bits per heavy atom. The summed E-state index contributed by atoms with van der Waals surface area (Å²) in [4.78, 5) is 25.2. The standard InChI is InChI=1S/C13H14BrNO2/c1-7-4-8(2)12(10(14)5-7)15-11(16)6-9(3)13(15)17/h4-5,9H,6H2,1-3H3. The number of hydrogen-bond donors (Lipinski definition) is 0. The summed E-state index contributed by atoms with van der Waals surface area (Å²) in [6.45, 7) is 5.69. The third kappa shape index (κ3) is 2.02. The van der Waals surface area contributed by atoms with Crippen LogP contribution in [0.15, 0.2) is 16.6 Å². The van der Waals surface area contributed by atoms with Gasteiger partial charge in [-0.3, -0.25) is 9.59 Å². The van der Waals surface area contributed by atoms with Crippen molar-refractivity contribution in [3.8, 4) is 0 Å². The average Bonchev–Trinajstić information content (AvgIpc) is 2.43. The van der Waals surface area contributed by atoms with Gasteiger partial charge in [0.15, 0.2) is 0 Å². The van der Waals surface area contributed by atoms with Gasteiger partial charge in [-0.25, -0.2) is 4.90 Å². The summed E-state index contributed by atoms with van der Waals surface area (Å²) < 4.78 is 0.797. The van der Waals surface area contributed by atoms with Crippen LogP contribution in [0.2, 0.25) is 0 Å². The lowest BCUT2D eigenvalue weighted by Crippen LogP contribution is -2.31. The van der Waals surface area contributed by atoms with Gasteiger partial charge in [0.05, 0.1) is 5.69 Å². The highest BCUT2D eigenvalue weighted by molar-refractivity contribution is 9.10. The van der Waals surface area contributed by atoms with Crippen LogP contribution in [-0.4, -0.2) is 11.8 Å². The number of benzene rings is 1. The van der Waals surface area contributed by atoms with Gasteiger partial charge >= 0.3 is 0 Å². The van der Waals surface area contributed by atoms with Crippen LogP contribution in [0.1, 0.15) is 24.5 Å². The summed E-state index contributed by atoms with van der Waals surface area (Å²) in [6, 6.07) is 3.90. The Morgan fingerprint density at radius 1 is 1.29 bits per heavy atom. The van der Waals surface area contributed by atoms with E-state index in [0.717, 1.165) is 15.6 Å². The first-order valence-corrected chi connectivity index (χ1v) is 6.34. The number of anilines is 1. The monoisotopic (exact) mass is 295 g/mol. The number of rotatable bonds is 1. The Morgan fingerprint density at radius 2 is 1.94 bits per heavy atom. The van der Waals surface area contributed by atoms with Crippen LogP contribution in [-0.2, 0) is 9.59 Å². The van der Waals surface area contributed by atoms with E-state index in [1.807, 2.05) is 26.0 Å². The van der Waals surface area contributed by atoms with E-state index in [2.05, 4.69) is 15.9 Å². The fourth-order valence-corrected chi connectivity index (χ4v) is 3.06. The van der Waals surface area contributed by atoms with Crippen LogP contribution in [0.25, 0.3) is 0 Å². The lowest BCUT2D eigenvalue weighted by atomic mass is 10.1. The largest absolute Gasteiger partial charge is 0.274 e. The molecular formula is C13H14BrNO2. The number of carbonyl (C=O) groups is 2. The Bertz CT molecular complexity index is 487. The topological polar surface area (TPSA) is 37.4 Å². The highest BCUT2D eigenvalue weighted by atomic mass is 79.9. The number of hydrogen-bond acceptors (Lipinski definition) is 2. The summed E-state index contributed by atoms with van der Waals surface area (Å²) >= 11 is 3.44. The van der Waals surface area contributed by atoms with Crippen molar-refractivity contribution >= 4 is 33.4 Å². The van der Waals surface area contributed by atoms with E-state index < -0.39 is 0 Å². The van der Waals surface area contributed by atoms with Crippen molar-refractivity contribution < 1.29 is 9.59 Å². The Balaban J connectivity index is 2.55. The first-order chi connectivity index (χ1) is 7.91. The molecule has 1 unspecified atom stereocenters. The Labute approximate surface area is 109 Å². The van der Waals surface area contributed by atoms with Crippen molar-refractivity contribution in [2.24, 2.45) is 5.92 Å². The van der Waals surface area contributed by atoms with Crippen LogP contribution in [0.4, 0.5) is 5.69 Å². The van der Waals surface area contributed by atoms with E-state index in [4.69, 9.17) is 0 Å². The van der Waals surface area contributed by atoms with E-state index >= 15 is 0 Å². The molecule has 17 heavy (non-hydrogen) atoms. The van der Waals surface area contributed by atoms with Gasteiger partial charge in [0.2, 0.25) is 11.8 Å². The number of halogens is 1. The van der Waals surface area contributed by atoms with Gasteiger partial charge < -0.3 is 0 Å². The van der Waals surface area contributed by atoms with Crippen molar-refractivity contribution in [2.75, 3.05) is 4.90 Å². The molecule has 1 aromatic carbocycles. The minimum Gasteiger partial charge on any atom is -0.274 e. The molecule has 2 amide bonds. The van der Waals surface area contributed by atoms with Crippen LogP contribution in [0.3, 0.4) is 0 Å². The van der Waals surface area contributed by atoms with Crippen molar-refractivity contribution in [3.05, 3.63) is 27.7 Å². The molecule has 0 N–H and O–H groups in total. The van der Waals surface area contributed by atoms with E-state index in [1.54, 1.807) is 6.92 Å². The third-order valence-corrected chi connectivity index (χ3v) is 3.60. The molecule has 3 nitrogen and oxygen atoms in total. The summed E-state index contributed by atoms with van der Waals surface area (Å²) in [5, 5.41) is 0. The fraction of sp³-hybridized carbons (Fsp3) is 0.385. The van der Waals surface area contributed by atoms with Crippen molar-refractivity contribution in [2.45, 2.75) is 27.2 Å². The quantitative estimate of drug-likeness (QED) is 0.747. The zero-order valence-electron chi connectivity index (χ0n) is 10.1. The lowest BCUT2D eigenvalue weighted by molar-refractivity contribution is -0.122. The predicted molar refractivity (Wildman–Crippen MR) is 69.9 cm³/mol. The van der Waals surface area contributed by atoms with E-state index in [-0.39, 0.29) is 17.7 Å². The highest BCUT2D eigenvalue weighted by Crippen LogP contribution is 2.35. The van der Waals surface area contributed by atoms with Crippen LogP contribution in [0, 0.1) is 19.8 Å². The Hall–Kier alpha value is -1.16. The number of aryl methyl sites for hydroxylation is 2. The first-order valence-electron chi connectivity index (χ1n) is 5.55. The van der Waals surface area contributed by atoms with Crippen molar-refractivity contribution in [3.63, 3.8) is 0 Å². The van der Waals surface area contributed by atoms with E-state index in [9.17, 15) is 9.59 Å². The lowest BCUT2D eigenvalue weighted by Gasteiger charge is -2.19. The van der Waals surface area contributed by atoms with Crippen molar-refractivity contribution in [1.82, 2.24) is 0 Å². The maximum absolute atomic E-state index is 12.0. The number of amides is 2. The maximum Gasteiger partial charge on any atom is 0.237 e. The summed E-state index contributed by atoms with van der Waals surface area (Å²) in [6.07, 6.45) is 0.304. The summed E-state index contributed by atoms with van der Waals surface area (Å²) in [7, 11) is 0. The molecule has 1 aromatic rings.